The molecule has 0 unspecified atom stereocenters. The third kappa shape index (κ3) is 3.48. The van der Waals surface area contributed by atoms with E-state index in [0.717, 1.165) is 22.3 Å². The highest BCUT2D eigenvalue weighted by Gasteiger charge is 2.13. The fourth-order valence-electron chi connectivity index (χ4n) is 2.75. The van der Waals surface area contributed by atoms with E-state index in [1.165, 1.54) is 0 Å². The monoisotopic (exact) mass is 359 g/mol. The lowest BCUT2D eigenvalue weighted by atomic mass is 10.2. The summed E-state index contributed by atoms with van der Waals surface area (Å²) in [7, 11) is 0. The number of amides is 1. The van der Waals surface area contributed by atoms with Gasteiger partial charge in [-0.15, -0.1) is 5.10 Å². The van der Waals surface area contributed by atoms with Gasteiger partial charge in [0.1, 0.15) is 5.75 Å². The molecule has 2 heterocycles. The van der Waals surface area contributed by atoms with Crippen molar-refractivity contribution in [3.05, 3.63) is 72.7 Å². The second kappa shape index (κ2) is 7.25. The maximum atomic E-state index is 12.6. The van der Waals surface area contributed by atoms with Crippen LogP contribution in [0.2, 0.25) is 0 Å². The molecule has 0 aliphatic heterocycles. The quantitative estimate of drug-likeness (QED) is 0.590. The van der Waals surface area contributed by atoms with E-state index in [0.29, 0.717) is 12.3 Å². The van der Waals surface area contributed by atoms with E-state index in [-0.39, 0.29) is 11.6 Å². The van der Waals surface area contributed by atoms with Gasteiger partial charge in [-0.3, -0.25) is 9.78 Å². The predicted molar refractivity (Wildman–Crippen MR) is 102 cm³/mol. The van der Waals surface area contributed by atoms with Gasteiger partial charge in [-0.05, 0) is 55.5 Å². The topological polar surface area (TPSA) is 81.9 Å². The van der Waals surface area contributed by atoms with Gasteiger partial charge in [-0.2, -0.15) is 0 Å². The van der Waals surface area contributed by atoms with Gasteiger partial charge < -0.3 is 10.1 Å². The van der Waals surface area contributed by atoms with E-state index >= 15 is 0 Å². The minimum absolute atomic E-state index is 0.227. The van der Waals surface area contributed by atoms with Gasteiger partial charge in [-0.25, -0.2) is 4.68 Å². The Hall–Kier alpha value is -3.74. The minimum atomic E-state index is -0.330. The number of pyridine rings is 1. The molecular weight excluding hydrogens is 342 g/mol. The van der Waals surface area contributed by atoms with E-state index in [2.05, 4.69) is 20.6 Å². The first-order valence-electron chi connectivity index (χ1n) is 8.55. The molecular formula is C20H17N5O2. The largest absolute Gasteiger partial charge is 0.494 e. The molecule has 0 radical (unpaired) electrons. The Morgan fingerprint density at radius 2 is 1.96 bits per heavy atom. The zero-order valence-electron chi connectivity index (χ0n) is 14.7. The first kappa shape index (κ1) is 16.7. The van der Waals surface area contributed by atoms with E-state index in [1.54, 1.807) is 17.1 Å². The molecule has 0 bridgehead atoms. The Morgan fingerprint density at radius 1 is 1.11 bits per heavy atom. The lowest BCUT2D eigenvalue weighted by molar-refractivity contribution is 0.102. The molecule has 1 N–H and O–H groups in total. The van der Waals surface area contributed by atoms with Crippen LogP contribution in [-0.4, -0.2) is 32.5 Å². The first-order chi connectivity index (χ1) is 13.2. The number of ether oxygens (including phenoxy) is 1. The fourth-order valence-corrected chi connectivity index (χ4v) is 2.75. The van der Waals surface area contributed by atoms with Crippen LogP contribution in [0, 0.1) is 0 Å². The van der Waals surface area contributed by atoms with Gasteiger partial charge in [0.2, 0.25) is 0 Å². The van der Waals surface area contributed by atoms with Crippen molar-refractivity contribution in [2.24, 2.45) is 0 Å². The molecule has 0 spiro atoms. The normalized spacial score (nSPS) is 10.7. The van der Waals surface area contributed by atoms with Crippen LogP contribution in [0.25, 0.3) is 16.6 Å². The Balaban J connectivity index is 1.55. The predicted octanol–water partition coefficient (Wildman–Crippen LogP) is 3.47. The van der Waals surface area contributed by atoms with Gasteiger partial charge in [0.25, 0.3) is 5.91 Å². The highest BCUT2D eigenvalue weighted by atomic mass is 16.5. The number of hydrogen-bond acceptors (Lipinski definition) is 5. The molecule has 1 amide bonds. The lowest BCUT2D eigenvalue weighted by Gasteiger charge is -2.06. The number of anilines is 1. The van der Waals surface area contributed by atoms with Crippen molar-refractivity contribution in [3.8, 4) is 11.4 Å². The van der Waals surface area contributed by atoms with Crippen molar-refractivity contribution in [2.45, 2.75) is 6.92 Å². The van der Waals surface area contributed by atoms with Crippen LogP contribution in [-0.2, 0) is 0 Å². The molecule has 0 saturated heterocycles. The lowest BCUT2D eigenvalue weighted by Crippen LogP contribution is -2.12. The molecule has 0 aliphatic carbocycles. The van der Waals surface area contributed by atoms with Crippen LogP contribution in [0.4, 0.5) is 5.69 Å². The second-order valence-corrected chi connectivity index (χ2v) is 5.81. The fraction of sp³-hybridized carbons (Fsp3) is 0.100. The zero-order chi connectivity index (χ0) is 18.6. The molecule has 0 fully saturated rings. The Morgan fingerprint density at radius 3 is 2.78 bits per heavy atom. The maximum absolute atomic E-state index is 12.6. The Kier molecular flexibility index (Phi) is 4.49. The van der Waals surface area contributed by atoms with Gasteiger partial charge in [0.15, 0.2) is 5.69 Å². The van der Waals surface area contributed by atoms with Crippen LogP contribution in [0.15, 0.2) is 67.0 Å². The first-order valence-corrected chi connectivity index (χ1v) is 8.55. The van der Waals surface area contributed by atoms with Crippen LogP contribution in [0.3, 0.4) is 0 Å². The Labute approximate surface area is 155 Å². The van der Waals surface area contributed by atoms with E-state index in [9.17, 15) is 4.79 Å². The van der Waals surface area contributed by atoms with Crippen molar-refractivity contribution in [2.75, 3.05) is 11.9 Å². The summed E-state index contributed by atoms with van der Waals surface area (Å²) >= 11 is 0. The van der Waals surface area contributed by atoms with Gasteiger partial charge in [0, 0.05) is 11.6 Å². The maximum Gasteiger partial charge on any atom is 0.277 e. The highest BCUT2D eigenvalue weighted by molar-refractivity contribution is 6.07. The summed E-state index contributed by atoms with van der Waals surface area (Å²) in [6, 6.07) is 16.7. The second-order valence-electron chi connectivity index (χ2n) is 5.81. The van der Waals surface area contributed by atoms with Crippen LogP contribution in [0.1, 0.15) is 17.4 Å². The van der Waals surface area contributed by atoms with Gasteiger partial charge >= 0.3 is 0 Å². The van der Waals surface area contributed by atoms with E-state index in [4.69, 9.17) is 4.74 Å². The average Bonchev–Trinajstić information content (AvgIpc) is 3.19. The number of nitrogens with one attached hydrogen (secondary N) is 1. The number of carbonyl (C=O) groups excluding carboxylic acids is 1. The summed E-state index contributed by atoms with van der Waals surface area (Å²) in [5.41, 5.74) is 2.51. The molecule has 2 aromatic carbocycles. The number of aromatic nitrogens is 4. The molecule has 0 saturated carbocycles. The third-order valence-corrected chi connectivity index (χ3v) is 4.03. The van der Waals surface area contributed by atoms with Crippen molar-refractivity contribution < 1.29 is 9.53 Å². The van der Waals surface area contributed by atoms with E-state index in [1.807, 2.05) is 61.5 Å². The molecule has 0 aliphatic rings. The zero-order valence-corrected chi connectivity index (χ0v) is 14.7. The van der Waals surface area contributed by atoms with Gasteiger partial charge in [0.05, 0.1) is 29.7 Å². The summed E-state index contributed by atoms with van der Waals surface area (Å²) in [5.74, 6) is 0.451. The average molecular weight is 359 g/mol. The summed E-state index contributed by atoms with van der Waals surface area (Å²) in [6.07, 6.45) is 3.31. The number of hydrogen-bond donors (Lipinski definition) is 1. The van der Waals surface area contributed by atoms with Crippen molar-refractivity contribution in [1.29, 1.82) is 0 Å². The number of nitrogens with zero attached hydrogens (tertiary/aromatic N) is 4. The molecule has 27 heavy (non-hydrogen) atoms. The third-order valence-electron chi connectivity index (χ3n) is 4.03. The highest BCUT2D eigenvalue weighted by Crippen LogP contribution is 2.22. The summed E-state index contributed by atoms with van der Waals surface area (Å²) < 4.78 is 6.98. The molecule has 134 valence electrons. The standard InChI is InChI=1S/C20H17N5O2/c1-2-27-15-10-8-14(9-11-15)25-13-19(23-24-25)20(26)22-18-7-3-6-17-16(18)5-4-12-21-17/h3-13H,2H2,1H3,(H,22,26). The van der Waals surface area contributed by atoms with Gasteiger partial charge in [-0.1, -0.05) is 11.3 Å². The number of rotatable bonds is 5. The molecule has 4 aromatic rings. The summed E-state index contributed by atoms with van der Waals surface area (Å²) in [6.45, 7) is 2.54. The molecule has 7 heteroatoms. The van der Waals surface area contributed by atoms with Crippen LogP contribution >= 0.6 is 0 Å². The minimum Gasteiger partial charge on any atom is -0.494 e. The number of carbonyl (C=O) groups is 1. The molecule has 7 nitrogen and oxygen atoms in total. The molecule has 0 atom stereocenters. The Bertz CT molecular complexity index is 1080. The van der Waals surface area contributed by atoms with Crippen molar-refractivity contribution >= 4 is 22.5 Å². The van der Waals surface area contributed by atoms with E-state index < -0.39 is 0 Å². The number of fused-ring (bicyclic) bond motifs is 1. The van der Waals surface area contributed by atoms with Crippen molar-refractivity contribution in [1.82, 2.24) is 20.0 Å². The van der Waals surface area contributed by atoms with Crippen LogP contribution < -0.4 is 10.1 Å². The smallest absolute Gasteiger partial charge is 0.277 e. The SMILES string of the molecule is CCOc1ccc(-n2cc(C(=O)Nc3cccc4ncccc34)nn2)cc1. The molecule has 4 rings (SSSR count). The summed E-state index contributed by atoms with van der Waals surface area (Å²) in [5, 5.41) is 11.8. The van der Waals surface area contributed by atoms with Crippen LogP contribution in [0.5, 0.6) is 5.75 Å². The summed E-state index contributed by atoms with van der Waals surface area (Å²) in [4.78, 5) is 16.9. The number of benzene rings is 2. The molecule has 2 aromatic heterocycles. The van der Waals surface area contributed by atoms with Crippen molar-refractivity contribution in [3.63, 3.8) is 0 Å².